The third-order valence-corrected chi connectivity index (χ3v) is 3.84. The van der Waals surface area contributed by atoms with Gasteiger partial charge in [-0.1, -0.05) is 24.3 Å². The van der Waals surface area contributed by atoms with E-state index in [0.717, 1.165) is 11.3 Å². The smallest absolute Gasteiger partial charge is 0.258 e. The normalized spacial score (nSPS) is 10.3. The summed E-state index contributed by atoms with van der Waals surface area (Å²) in [6, 6.07) is 14.6. The summed E-state index contributed by atoms with van der Waals surface area (Å²) < 4.78 is 7.35. The molecular weight excluding hydrogens is 330 g/mol. The van der Waals surface area contributed by atoms with E-state index in [1.54, 1.807) is 36.8 Å². The van der Waals surface area contributed by atoms with Gasteiger partial charge in [-0.3, -0.25) is 9.59 Å². The molecule has 0 saturated heterocycles. The van der Waals surface area contributed by atoms with Gasteiger partial charge in [0, 0.05) is 30.2 Å². The summed E-state index contributed by atoms with van der Waals surface area (Å²) in [5.41, 5.74) is 2.55. The number of amides is 1. The summed E-state index contributed by atoms with van der Waals surface area (Å²) in [5.74, 6) is 0.230. The quantitative estimate of drug-likeness (QED) is 0.666. The molecule has 0 fully saturated rings. The average molecular weight is 349 g/mol. The highest BCUT2D eigenvalue weighted by Gasteiger charge is 2.05. The number of carbonyl (C=O) groups is 2. The van der Waals surface area contributed by atoms with Crippen LogP contribution in [0, 0.1) is 0 Å². The Hall–Kier alpha value is -3.41. The van der Waals surface area contributed by atoms with Crippen LogP contribution in [0.3, 0.4) is 0 Å². The van der Waals surface area contributed by atoms with Crippen molar-refractivity contribution >= 4 is 11.7 Å². The molecule has 1 N–H and O–H groups in total. The second-order valence-corrected chi connectivity index (χ2v) is 5.79. The molecule has 0 bridgehead atoms. The van der Waals surface area contributed by atoms with E-state index in [-0.39, 0.29) is 18.3 Å². The number of rotatable bonds is 7. The lowest BCUT2D eigenvalue weighted by Gasteiger charge is -2.09. The van der Waals surface area contributed by atoms with Gasteiger partial charge < -0.3 is 14.6 Å². The molecule has 1 aromatic heterocycles. The molecule has 6 heteroatoms. The molecular formula is C20H19N3O3. The van der Waals surface area contributed by atoms with E-state index in [0.29, 0.717) is 17.9 Å². The lowest BCUT2D eigenvalue weighted by molar-refractivity contribution is -0.123. The monoisotopic (exact) mass is 349 g/mol. The molecule has 1 amide bonds. The van der Waals surface area contributed by atoms with Gasteiger partial charge >= 0.3 is 0 Å². The van der Waals surface area contributed by atoms with E-state index in [2.05, 4.69) is 10.3 Å². The van der Waals surface area contributed by atoms with Gasteiger partial charge in [0.15, 0.2) is 12.4 Å². The van der Waals surface area contributed by atoms with E-state index in [4.69, 9.17) is 4.74 Å². The minimum Gasteiger partial charge on any atom is -0.484 e. The van der Waals surface area contributed by atoms with Gasteiger partial charge in [-0.2, -0.15) is 0 Å². The lowest BCUT2D eigenvalue weighted by atomic mass is 10.1. The Bertz CT molecular complexity index is 887. The number of hydrogen-bond donors (Lipinski definition) is 1. The second kappa shape index (κ2) is 8.11. The summed E-state index contributed by atoms with van der Waals surface area (Å²) in [7, 11) is 0. The van der Waals surface area contributed by atoms with Crippen LogP contribution in [0.25, 0.3) is 5.69 Å². The molecule has 0 atom stereocenters. The van der Waals surface area contributed by atoms with Crippen molar-refractivity contribution < 1.29 is 14.3 Å². The van der Waals surface area contributed by atoms with Crippen LogP contribution < -0.4 is 10.1 Å². The van der Waals surface area contributed by atoms with Crippen molar-refractivity contribution in [2.24, 2.45) is 0 Å². The summed E-state index contributed by atoms with van der Waals surface area (Å²) in [5, 5.41) is 2.81. The molecule has 0 spiro atoms. The first kappa shape index (κ1) is 17.4. The molecule has 0 aliphatic heterocycles. The number of hydrogen-bond acceptors (Lipinski definition) is 4. The topological polar surface area (TPSA) is 73.2 Å². The van der Waals surface area contributed by atoms with Crippen LogP contribution in [-0.4, -0.2) is 27.8 Å². The zero-order chi connectivity index (χ0) is 18.4. The fourth-order valence-corrected chi connectivity index (χ4v) is 2.40. The third kappa shape index (κ3) is 4.57. The lowest BCUT2D eigenvalue weighted by Crippen LogP contribution is -2.28. The van der Waals surface area contributed by atoms with Crippen molar-refractivity contribution in [3.63, 3.8) is 0 Å². The third-order valence-electron chi connectivity index (χ3n) is 3.84. The number of ether oxygens (including phenoxy) is 1. The highest BCUT2D eigenvalue weighted by molar-refractivity contribution is 5.94. The van der Waals surface area contributed by atoms with Crippen LogP contribution in [0.4, 0.5) is 0 Å². The molecule has 0 aliphatic rings. The number of carbonyl (C=O) groups excluding carboxylic acids is 2. The molecule has 3 aromatic rings. The zero-order valence-corrected chi connectivity index (χ0v) is 14.4. The van der Waals surface area contributed by atoms with Gasteiger partial charge in [0.2, 0.25) is 0 Å². The first-order valence-electron chi connectivity index (χ1n) is 8.19. The predicted molar refractivity (Wildman–Crippen MR) is 97.4 cm³/mol. The first-order valence-corrected chi connectivity index (χ1v) is 8.19. The maximum absolute atomic E-state index is 11.9. The SMILES string of the molecule is CC(=O)c1cccc(OCC(=O)NCc2ccc(-n3ccnc3)cc2)c1. The van der Waals surface area contributed by atoms with E-state index in [1.807, 2.05) is 35.0 Å². The Morgan fingerprint density at radius 2 is 1.96 bits per heavy atom. The molecule has 0 saturated carbocycles. The van der Waals surface area contributed by atoms with Gasteiger partial charge in [0.05, 0.1) is 6.33 Å². The molecule has 132 valence electrons. The Morgan fingerprint density at radius 3 is 2.65 bits per heavy atom. The van der Waals surface area contributed by atoms with Crippen molar-refractivity contribution in [1.82, 2.24) is 14.9 Å². The van der Waals surface area contributed by atoms with Crippen LogP contribution in [0.1, 0.15) is 22.8 Å². The van der Waals surface area contributed by atoms with Crippen molar-refractivity contribution in [1.29, 1.82) is 0 Å². The Kier molecular flexibility index (Phi) is 5.43. The first-order chi connectivity index (χ1) is 12.6. The summed E-state index contributed by atoms with van der Waals surface area (Å²) >= 11 is 0. The fourth-order valence-electron chi connectivity index (χ4n) is 2.40. The summed E-state index contributed by atoms with van der Waals surface area (Å²) in [4.78, 5) is 27.3. The highest BCUT2D eigenvalue weighted by atomic mass is 16.5. The van der Waals surface area contributed by atoms with Crippen LogP contribution >= 0.6 is 0 Å². The van der Waals surface area contributed by atoms with Crippen LogP contribution in [0.15, 0.2) is 67.3 Å². The number of Topliss-reactive ketones (excluding diaryl/α,β-unsaturated/α-hetero) is 1. The van der Waals surface area contributed by atoms with Crippen molar-refractivity contribution in [2.45, 2.75) is 13.5 Å². The molecule has 0 radical (unpaired) electrons. The number of aromatic nitrogens is 2. The summed E-state index contributed by atoms with van der Waals surface area (Å²) in [6.07, 6.45) is 5.32. The number of nitrogens with one attached hydrogen (secondary N) is 1. The predicted octanol–water partition coefficient (Wildman–Crippen LogP) is 2.77. The average Bonchev–Trinajstić information content (AvgIpc) is 3.20. The minimum atomic E-state index is -0.225. The molecule has 6 nitrogen and oxygen atoms in total. The van der Waals surface area contributed by atoms with Crippen LogP contribution in [0.2, 0.25) is 0 Å². The van der Waals surface area contributed by atoms with Gasteiger partial charge in [0.1, 0.15) is 5.75 Å². The molecule has 3 rings (SSSR count). The molecule has 2 aromatic carbocycles. The molecule has 0 aliphatic carbocycles. The van der Waals surface area contributed by atoms with Gasteiger partial charge in [0.25, 0.3) is 5.91 Å². The Morgan fingerprint density at radius 1 is 1.15 bits per heavy atom. The van der Waals surface area contributed by atoms with Gasteiger partial charge in [-0.05, 0) is 36.8 Å². The minimum absolute atomic E-state index is 0.0426. The summed E-state index contributed by atoms with van der Waals surface area (Å²) in [6.45, 7) is 1.80. The van der Waals surface area contributed by atoms with Crippen molar-refractivity contribution in [3.05, 3.63) is 78.4 Å². The van der Waals surface area contributed by atoms with E-state index < -0.39 is 0 Å². The number of nitrogens with zero attached hydrogens (tertiary/aromatic N) is 2. The standard InChI is InChI=1S/C20H19N3O3/c1-15(24)17-3-2-4-19(11-17)26-13-20(25)22-12-16-5-7-18(8-6-16)23-10-9-21-14-23/h2-11,14H,12-13H2,1H3,(H,22,25). The van der Waals surface area contributed by atoms with Gasteiger partial charge in [-0.15, -0.1) is 0 Å². The van der Waals surface area contributed by atoms with Crippen LogP contribution in [-0.2, 0) is 11.3 Å². The molecule has 1 heterocycles. The Labute approximate surface area is 151 Å². The molecule has 0 unspecified atom stereocenters. The maximum atomic E-state index is 11.9. The van der Waals surface area contributed by atoms with E-state index in [1.165, 1.54) is 6.92 Å². The van der Waals surface area contributed by atoms with Gasteiger partial charge in [-0.25, -0.2) is 4.98 Å². The van der Waals surface area contributed by atoms with E-state index >= 15 is 0 Å². The second-order valence-electron chi connectivity index (χ2n) is 5.79. The fraction of sp³-hybridized carbons (Fsp3) is 0.150. The highest BCUT2D eigenvalue weighted by Crippen LogP contribution is 2.13. The van der Waals surface area contributed by atoms with Crippen molar-refractivity contribution in [3.8, 4) is 11.4 Å². The number of imidazole rings is 1. The maximum Gasteiger partial charge on any atom is 0.258 e. The largest absolute Gasteiger partial charge is 0.484 e. The van der Waals surface area contributed by atoms with E-state index in [9.17, 15) is 9.59 Å². The molecule has 26 heavy (non-hydrogen) atoms. The zero-order valence-electron chi connectivity index (χ0n) is 14.4. The number of benzene rings is 2. The van der Waals surface area contributed by atoms with Crippen LogP contribution in [0.5, 0.6) is 5.75 Å². The Balaban J connectivity index is 1.48. The van der Waals surface area contributed by atoms with Crippen molar-refractivity contribution in [2.75, 3.05) is 6.61 Å². The number of ketones is 1.